The zero-order chi connectivity index (χ0) is 30.1. The van der Waals surface area contributed by atoms with Gasteiger partial charge in [-0.2, -0.15) is 0 Å². The third kappa shape index (κ3) is 13.4. The van der Waals surface area contributed by atoms with Crippen LogP contribution in [0.15, 0.2) is 24.3 Å². The van der Waals surface area contributed by atoms with E-state index in [1.165, 1.54) is 12.1 Å². The lowest BCUT2D eigenvalue weighted by molar-refractivity contribution is -0.142. The molecule has 40 heavy (non-hydrogen) atoms. The molecule has 0 spiro atoms. The number of carboxylic acids is 1. The molecule has 0 fully saturated rings. The van der Waals surface area contributed by atoms with Crippen molar-refractivity contribution in [3.8, 4) is 5.75 Å². The molecule has 0 radical (unpaired) electrons. The predicted molar refractivity (Wildman–Crippen MR) is 147 cm³/mol. The summed E-state index contributed by atoms with van der Waals surface area (Å²) in [5, 5.41) is 26.8. The highest BCUT2D eigenvalue weighted by Crippen LogP contribution is 2.13. The molecule has 0 saturated heterocycles. The van der Waals surface area contributed by atoms with Crippen LogP contribution in [-0.4, -0.2) is 77.1 Å². The number of carbonyl (C=O) groups excluding carboxylic acids is 4. The molecule has 0 saturated carbocycles. The number of primary amides is 1. The molecule has 0 aliphatic heterocycles. The van der Waals surface area contributed by atoms with Gasteiger partial charge in [0.05, 0.1) is 6.04 Å². The number of amides is 4. The highest BCUT2D eigenvalue weighted by atomic mass is 16.4. The van der Waals surface area contributed by atoms with Crippen LogP contribution in [-0.2, 0) is 30.4 Å². The number of benzene rings is 1. The normalized spacial score (nSPS) is 13.9. The number of aliphatic carboxylic acids is 1. The van der Waals surface area contributed by atoms with Gasteiger partial charge in [0.15, 0.2) is 0 Å². The Morgan fingerprint density at radius 3 is 1.75 bits per heavy atom. The van der Waals surface area contributed by atoms with Crippen molar-refractivity contribution in [1.82, 2.24) is 16.0 Å². The van der Waals surface area contributed by atoms with Crippen LogP contribution in [0.3, 0.4) is 0 Å². The molecular formula is C26H43N7O7. The number of carboxylic acid groups (broad SMARTS) is 1. The van der Waals surface area contributed by atoms with Gasteiger partial charge in [-0.25, -0.2) is 4.79 Å². The second-order valence-electron chi connectivity index (χ2n) is 9.57. The molecule has 14 nitrogen and oxygen atoms in total. The van der Waals surface area contributed by atoms with Gasteiger partial charge in [-0.3, -0.25) is 19.2 Å². The van der Waals surface area contributed by atoms with Crippen molar-refractivity contribution >= 4 is 29.6 Å². The smallest absolute Gasteiger partial charge is 0.326 e. The summed E-state index contributed by atoms with van der Waals surface area (Å²) >= 11 is 0. The number of hydrogen-bond donors (Lipinski definition) is 9. The monoisotopic (exact) mass is 565 g/mol. The Morgan fingerprint density at radius 1 is 0.725 bits per heavy atom. The first kappa shape index (κ1) is 34.3. The van der Waals surface area contributed by atoms with Crippen molar-refractivity contribution in [3.05, 3.63) is 29.8 Å². The fraction of sp³-hybridized carbons (Fsp3) is 0.577. The summed E-state index contributed by atoms with van der Waals surface area (Å²) < 4.78 is 0. The largest absolute Gasteiger partial charge is 0.508 e. The maximum atomic E-state index is 13.3. The Hall–Kier alpha value is -3.75. The molecule has 0 bridgehead atoms. The molecule has 0 heterocycles. The number of carbonyl (C=O) groups is 5. The second kappa shape index (κ2) is 18.5. The minimum absolute atomic E-state index is 0.00901. The van der Waals surface area contributed by atoms with Gasteiger partial charge in [0.2, 0.25) is 23.6 Å². The van der Waals surface area contributed by atoms with Crippen molar-refractivity contribution < 1.29 is 34.2 Å². The lowest BCUT2D eigenvalue weighted by atomic mass is 10.0. The van der Waals surface area contributed by atoms with E-state index in [0.717, 1.165) is 0 Å². The topological polar surface area (TPSA) is 266 Å². The molecule has 1 aromatic rings. The van der Waals surface area contributed by atoms with Crippen molar-refractivity contribution in [2.24, 2.45) is 22.9 Å². The average molecular weight is 566 g/mol. The van der Waals surface area contributed by atoms with E-state index in [9.17, 15) is 34.2 Å². The van der Waals surface area contributed by atoms with Crippen molar-refractivity contribution in [3.63, 3.8) is 0 Å². The van der Waals surface area contributed by atoms with E-state index >= 15 is 0 Å². The molecule has 4 atom stereocenters. The highest BCUT2D eigenvalue weighted by molar-refractivity contribution is 5.94. The summed E-state index contributed by atoms with van der Waals surface area (Å²) in [4.78, 5) is 62.0. The number of phenolic OH excluding ortho intramolecular Hbond substituents is 1. The molecule has 0 aliphatic rings. The first-order chi connectivity index (χ1) is 19.0. The van der Waals surface area contributed by atoms with Crippen LogP contribution in [0.4, 0.5) is 0 Å². The van der Waals surface area contributed by atoms with Gasteiger partial charge in [-0.15, -0.1) is 0 Å². The SMILES string of the molecule is NCCCCC(NC(=O)C(Cc1ccc(O)cc1)NC(=O)C(CCCCN)NC(=O)C(N)CCC(N)=O)C(=O)O. The average Bonchev–Trinajstić information content (AvgIpc) is 2.91. The lowest BCUT2D eigenvalue weighted by Gasteiger charge is -2.25. The van der Waals surface area contributed by atoms with Crippen LogP contribution in [0, 0.1) is 0 Å². The number of phenols is 1. The summed E-state index contributed by atoms with van der Waals surface area (Å²) in [7, 11) is 0. The Bertz CT molecular complexity index is 975. The van der Waals surface area contributed by atoms with E-state index in [2.05, 4.69) is 16.0 Å². The van der Waals surface area contributed by atoms with Gasteiger partial charge in [0.25, 0.3) is 0 Å². The molecule has 224 valence electrons. The van der Waals surface area contributed by atoms with E-state index in [1.807, 2.05) is 0 Å². The van der Waals surface area contributed by atoms with Crippen molar-refractivity contribution in [2.45, 2.75) is 82.0 Å². The van der Waals surface area contributed by atoms with E-state index < -0.39 is 53.8 Å². The van der Waals surface area contributed by atoms with Crippen LogP contribution in [0.2, 0.25) is 0 Å². The number of nitrogens with one attached hydrogen (secondary N) is 3. The van der Waals surface area contributed by atoms with Crippen LogP contribution in [0.25, 0.3) is 0 Å². The van der Waals surface area contributed by atoms with Gasteiger partial charge in [-0.05, 0) is 75.7 Å². The maximum Gasteiger partial charge on any atom is 0.326 e. The third-order valence-corrected chi connectivity index (χ3v) is 6.19. The number of aromatic hydroxyl groups is 1. The quantitative estimate of drug-likeness (QED) is 0.0810. The van der Waals surface area contributed by atoms with E-state index in [1.54, 1.807) is 12.1 Å². The van der Waals surface area contributed by atoms with Gasteiger partial charge >= 0.3 is 5.97 Å². The first-order valence-corrected chi connectivity index (χ1v) is 13.3. The Kier molecular flexibility index (Phi) is 15.9. The van der Waals surface area contributed by atoms with Crippen LogP contribution >= 0.6 is 0 Å². The fourth-order valence-electron chi connectivity index (χ4n) is 3.84. The summed E-state index contributed by atoms with van der Waals surface area (Å²) in [6, 6.07) is 1.41. The maximum absolute atomic E-state index is 13.3. The first-order valence-electron chi connectivity index (χ1n) is 13.3. The van der Waals surface area contributed by atoms with Gasteiger partial charge < -0.3 is 49.1 Å². The molecule has 1 aromatic carbocycles. The second-order valence-corrected chi connectivity index (χ2v) is 9.57. The third-order valence-electron chi connectivity index (χ3n) is 6.19. The van der Waals surface area contributed by atoms with Crippen LogP contribution in [0.5, 0.6) is 5.75 Å². The zero-order valence-electron chi connectivity index (χ0n) is 22.6. The van der Waals surface area contributed by atoms with Crippen LogP contribution in [0.1, 0.15) is 56.9 Å². The van der Waals surface area contributed by atoms with E-state index in [-0.39, 0.29) is 37.9 Å². The summed E-state index contributed by atoms with van der Waals surface area (Å²) in [5.74, 6) is -3.91. The van der Waals surface area contributed by atoms with Gasteiger partial charge in [-0.1, -0.05) is 12.1 Å². The Morgan fingerprint density at radius 2 is 1.23 bits per heavy atom. The number of hydrogen-bond acceptors (Lipinski definition) is 9. The molecule has 0 aliphatic carbocycles. The number of rotatable bonds is 20. The predicted octanol–water partition coefficient (Wildman–Crippen LogP) is -1.68. The van der Waals surface area contributed by atoms with Gasteiger partial charge in [0.1, 0.15) is 23.9 Å². The summed E-state index contributed by atoms with van der Waals surface area (Å²) in [6.07, 6.45) is 2.34. The van der Waals surface area contributed by atoms with E-state index in [4.69, 9.17) is 22.9 Å². The molecule has 13 N–H and O–H groups in total. The van der Waals surface area contributed by atoms with E-state index in [0.29, 0.717) is 44.3 Å². The van der Waals surface area contributed by atoms with Crippen LogP contribution < -0.4 is 38.9 Å². The lowest BCUT2D eigenvalue weighted by Crippen LogP contribution is -2.57. The molecule has 4 unspecified atom stereocenters. The van der Waals surface area contributed by atoms with Crippen molar-refractivity contribution in [1.29, 1.82) is 0 Å². The molecule has 0 aromatic heterocycles. The summed E-state index contributed by atoms with van der Waals surface area (Å²) in [6.45, 7) is 0.746. The molecule has 4 amide bonds. The minimum atomic E-state index is -1.23. The Labute approximate surface area is 233 Å². The van der Waals surface area contributed by atoms with Crippen molar-refractivity contribution in [2.75, 3.05) is 13.1 Å². The standard InChI is InChI=1S/C26H43N7O7/c27-13-3-1-5-19(31-23(36)18(29)11-12-22(30)35)24(37)33-21(15-16-7-9-17(34)10-8-16)25(38)32-20(26(39)40)6-2-4-14-28/h7-10,18-21,34H,1-6,11-15,27-29H2,(H2,30,35)(H,31,36)(H,32,38)(H,33,37)(H,39,40). The zero-order valence-corrected chi connectivity index (χ0v) is 22.6. The summed E-state index contributed by atoms with van der Waals surface area (Å²) in [5.41, 5.74) is 22.6. The number of unbranched alkanes of at least 4 members (excludes halogenated alkanes) is 2. The fourth-order valence-corrected chi connectivity index (χ4v) is 3.84. The molecular weight excluding hydrogens is 522 g/mol. The molecule has 14 heteroatoms. The minimum Gasteiger partial charge on any atom is -0.508 e. The molecule has 1 rings (SSSR count). The number of nitrogens with two attached hydrogens (primary N) is 4. The highest BCUT2D eigenvalue weighted by Gasteiger charge is 2.30. The Balaban J connectivity index is 3.12. The van der Waals surface area contributed by atoms with Gasteiger partial charge in [0, 0.05) is 12.8 Å².